The van der Waals surface area contributed by atoms with Gasteiger partial charge in [-0.2, -0.15) is 0 Å². The predicted octanol–water partition coefficient (Wildman–Crippen LogP) is 2.53. The van der Waals surface area contributed by atoms with Crippen molar-refractivity contribution in [1.82, 2.24) is 0 Å². The van der Waals surface area contributed by atoms with E-state index in [4.69, 9.17) is 5.73 Å². The fourth-order valence-corrected chi connectivity index (χ4v) is 1.14. The van der Waals surface area contributed by atoms with Crippen LogP contribution in [0.15, 0.2) is 18.2 Å². The second kappa shape index (κ2) is 6.62. The van der Waals surface area contributed by atoms with E-state index in [2.05, 4.69) is 12.2 Å². The fraction of sp³-hybridized carbons (Fsp3) is 0.400. The Bertz CT molecular complexity index is 279. The third-order valence-corrected chi connectivity index (χ3v) is 1.77. The van der Waals surface area contributed by atoms with Gasteiger partial charge in [-0.3, -0.25) is 0 Å². The van der Waals surface area contributed by atoms with Gasteiger partial charge < -0.3 is 11.1 Å². The highest BCUT2D eigenvalue weighted by Gasteiger charge is 1.98. The third kappa shape index (κ3) is 3.94. The van der Waals surface area contributed by atoms with Gasteiger partial charge in [0.05, 0.1) is 0 Å². The first-order valence-electron chi connectivity index (χ1n) is 4.49. The van der Waals surface area contributed by atoms with Crippen LogP contribution in [0.5, 0.6) is 0 Å². The minimum absolute atomic E-state index is 0. The predicted molar refractivity (Wildman–Crippen MR) is 60.3 cm³/mol. The molecule has 0 unspecified atom stereocenters. The molecule has 0 fully saturated rings. The van der Waals surface area contributed by atoms with Crippen LogP contribution in [0.3, 0.4) is 0 Å². The molecule has 0 aliphatic carbocycles. The molecule has 0 radical (unpaired) electrons. The van der Waals surface area contributed by atoms with Crippen LogP contribution in [-0.2, 0) is 6.54 Å². The van der Waals surface area contributed by atoms with Crippen molar-refractivity contribution in [2.75, 3.05) is 11.9 Å². The Morgan fingerprint density at radius 3 is 2.64 bits per heavy atom. The molecule has 0 saturated carbocycles. The molecule has 1 rings (SSSR count). The average Bonchev–Trinajstić information content (AvgIpc) is 2.14. The first-order valence-corrected chi connectivity index (χ1v) is 4.49. The van der Waals surface area contributed by atoms with Crippen LogP contribution in [0, 0.1) is 5.82 Å². The van der Waals surface area contributed by atoms with E-state index in [-0.39, 0.29) is 18.2 Å². The number of hydrogen-bond acceptors (Lipinski definition) is 2. The maximum atomic E-state index is 12.9. The molecule has 80 valence electrons. The summed E-state index contributed by atoms with van der Waals surface area (Å²) in [5.74, 6) is -0.235. The molecular weight excluding hydrogens is 203 g/mol. The van der Waals surface area contributed by atoms with Crippen molar-refractivity contribution in [3.05, 3.63) is 29.6 Å². The van der Waals surface area contributed by atoms with Crippen molar-refractivity contribution in [1.29, 1.82) is 0 Å². The van der Waals surface area contributed by atoms with E-state index in [9.17, 15) is 4.39 Å². The molecule has 0 spiro atoms. The van der Waals surface area contributed by atoms with E-state index in [0.717, 1.165) is 24.2 Å². The van der Waals surface area contributed by atoms with E-state index in [1.165, 1.54) is 12.1 Å². The maximum Gasteiger partial charge on any atom is 0.125 e. The van der Waals surface area contributed by atoms with Crippen molar-refractivity contribution in [2.45, 2.75) is 19.9 Å². The Morgan fingerprint density at radius 2 is 2.07 bits per heavy atom. The van der Waals surface area contributed by atoms with Gasteiger partial charge in [0.15, 0.2) is 0 Å². The lowest BCUT2D eigenvalue weighted by Gasteiger charge is -2.06. The molecule has 1 aromatic carbocycles. The third-order valence-electron chi connectivity index (χ3n) is 1.77. The van der Waals surface area contributed by atoms with Crippen molar-refractivity contribution in [3.8, 4) is 0 Å². The van der Waals surface area contributed by atoms with Crippen LogP contribution in [0.25, 0.3) is 0 Å². The molecule has 3 N–H and O–H groups in total. The van der Waals surface area contributed by atoms with Gasteiger partial charge in [0.2, 0.25) is 0 Å². The second-order valence-corrected chi connectivity index (χ2v) is 2.98. The number of benzene rings is 1. The standard InChI is InChI=1S/C10H15FN2.ClH/c1-2-3-13-10-5-8(7-12)4-9(11)6-10;/h4-6,13H,2-3,7,12H2,1H3;1H. The van der Waals surface area contributed by atoms with Crippen LogP contribution in [0.4, 0.5) is 10.1 Å². The van der Waals surface area contributed by atoms with Crippen LogP contribution >= 0.6 is 12.4 Å². The highest BCUT2D eigenvalue weighted by atomic mass is 35.5. The van der Waals surface area contributed by atoms with Gasteiger partial charge in [0, 0.05) is 18.8 Å². The SMILES string of the molecule is CCCNc1cc(F)cc(CN)c1.Cl. The van der Waals surface area contributed by atoms with Gasteiger partial charge in [-0.05, 0) is 30.2 Å². The van der Waals surface area contributed by atoms with Gasteiger partial charge >= 0.3 is 0 Å². The van der Waals surface area contributed by atoms with Crippen molar-refractivity contribution < 1.29 is 4.39 Å². The number of anilines is 1. The normalized spacial score (nSPS) is 9.36. The highest BCUT2D eigenvalue weighted by Crippen LogP contribution is 2.13. The molecule has 14 heavy (non-hydrogen) atoms. The number of nitrogens with one attached hydrogen (secondary N) is 1. The molecule has 0 bridgehead atoms. The Balaban J connectivity index is 0.00000169. The Morgan fingerprint density at radius 1 is 1.36 bits per heavy atom. The maximum absolute atomic E-state index is 12.9. The van der Waals surface area contributed by atoms with E-state index < -0.39 is 0 Å². The van der Waals surface area contributed by atoms with Gasteiger partial charge in [-0.25, -0.2) is 4.39 Å². The number of nitrogens with two attached hydrogens (primary N) is 1. The summed E-state index contributed by atoms with van der Waals surface area (Å²) in [6, 6.07) is 4.81. The van der Waals surface area contributed by atoms with Crippen LogP contribution in [-0.4, -0.2) is 6.54 Å². The lowest BCUT2D eigenvalue weighted by atomic mass is 10.2. The summed E-state index contributed by atoms with van der Waals surface area (Å²) in [4.78, 5) is 0. The van der Waals surface area contributed by atoms with Crippen LogP contribution in [0.1, 0.15) is 18.9 Å². The summed E-state index contributed by atoms with van der Waals surface area (Å²) in [6.07, 6.45) is 1.02. The topological polar surface area (TPSA) is 38.0 Å². The zero-order valence-electron chi connectivity index (χ0n) is 8.22. The summed E-state index contributed by atoms with van der Waals surface area (Å²) in [5.41, 5.74) is 7.05. The highest BCUT2D eigenvalue weighted by molar-refractivity contribution is 5.85. The average molecular weight is 219 g/mol. The quantitative estimate of drug-likeness (QED) is 0.815. The first kappa shape index (κ1) is 13.2. The van der Waals surface area contributed by atoms with Gasteiger partial charge in [0.25, 0.3) is 0 Å². The molecule has 0 aliphatic heterocycles. The molecule has 0 amide bonds. The zero-order valence-corrected chi connectivity index (χ0v) is 9.03. The van der Waals surface area contributed by atoms with Crippen molar-refractivity contribution in [2.24, 2.45) is 5.73 Å². The summed E-state index contributed by atoms with van der Waals surface area (Å²) in [5, 5.41) is 3.11. The minimum Gasteiger partial charge on any atom is -0.385 e. The van der Waals surface area contributed by atoms with Crippen molar-refractivity contribution >= 4 is 18.1 Å². The van der Waals surface area contributed by atoms with E-state index in [0.29, 0.717) is 6.54 Å². The van der Waals surface area contributed by atoms with Crippen molar-refractivity contribution in [3.63, 3.8) is 0 Å². The lowest BCUT2D eigenvalue weighted by molar-refractivity contribution is 0.626. The smallest absolute Gasteiger partial charge is 0.125 e. The van der Waals surface area contributed by atoms with Gasteiger partial charge in [-0.15, -0.1) is 12.4 Å². The molecule has 0 heterocycles. The van der Waals surface area contributed by atoms with Crippen LogP contribution in [0.2, 0.25) is 0 Å². The Labute approximate surface area is 90.1 Å². The number of hydrogen-bond donors (Lipinski definition) is 2. The molecule has 0 aromatic heterocycles. The molecule has 0 aliphatic rings. The largest absolute Gasteiger partial charge is 0.385 e. The summed E-state index contributed by atoms with van der Waals surface area (Å²) >= 11 is 0. The molecular formula is C10H16ClFN2. The number of halogens is 2. The second-order valence-electron chi connectivity index (χ2n) is 2.98. The Kier molecular flexibility index (Phi) is 6.25. The molecule has 2 nitrogen and oxygen atoms in total. The molecule has 0 atom stereocenters. The fourth-order valence-electron chi connectivity index (χ4n) is 1.14. The van der Waals surface area contributed by atoms with Gasteiger partial charge in [0.1, 0.15) is 5.82 Å². The van der Waals surface area contributed by atoms with Crippen LogP contribution < -0.4 is 11.1 Å². The van der Waals surface area contributed by atoms with E-state index in [1.807, 2.05) is 6.07 Å². The summed E-state index contributed by atoms with van der Waals surface area (Å²) in [7, 11) is 0. The monoisotopic (exact) mass is 218 g/mol. The zero-order chi connectivity index (χ0) is 9.68. The molecule has 0 saturated heterocycles. The Hall–Kier alpha value is -0.800. The molecule has 1 aromatic rings. The summed E-state index contributed by atoms with van der Waals surface area (Å²) in [6.45, 7) is 3.29. The minimum atomic E-state index is -0.235. The van der Waals surface area contributed by atoms with Gasteiger partial charge in [-0.1, -0.05) is 6.92 Å². The lowest BCUT2D eigenvalue weighted by Crippen LogP contribution is -2.03. The number of rotatable bonds is 4. The molecule has 4 heteroatoms. The van der Waals surface area contributed by atoms with E-state index in [1.54, 1.807) is 0 Å². The van der Waals surface area contributed by atoms with E-state index >= 15 is 0 Å². The summed E-state index contributed by atoms with van der Waals surface area (Å²) < 4.78 is 12.9. The first-order chi connectivity index (χ1) is 6.26.